The molecule has 2 aromatic heterocycles. The number of carboxylic acids is 1. The Balaban J connectivity index is 1.78. The molecular weight excluding hydrogens is 514 g/mol. The summed E-state index contributed by atoms with van der Waals surface area (Å²) < 4.78 is 0. The normalized spacial score (nSPS) is 15.2. The van der Waals surface area contributed by atoms with Crippen molar-refractivity contribution in [3.63, 3.8) is 0 Å². The SMILES string of the molecule is CC(O)C(NC(=O)C(CS)NC(=O)C(Cc1c[nH]c2ccccc12)NC(=O)C(N)Cc1cnc[nH]1)C(=O)O. The minimum absolute atomic E-state index is 0.0741. The zero-order valence-electron chi connectivity index (χ0n) is 20.5. The van der Waals surface area contributed by atoms with Gasteiger partial charge in [0.2, 0.25) is 17.7 Å². The second-order valence-corrected chi connectivity index (χ2v) is 9.19. The van der Waals surface area contributed by atoms with Crippen molar-refractivity contribution in [3.8, 4) is 0 Å². The minimum Gasteiger partial charge on any atom is -0.480 e. The van der Waals surface area contributed by atoms with E-state index in [1.165, 1.54) is 19.4 Å². The van der Waals surface area contributed by atoms with Crippen LogP contribution in [0.1, 0.15) is 18.2 Å². The number of benzene rings is 1. The van der Waals surface area contributed by atoms with E-state index in [2.05, 4.69) is 43.5 Å². The van der Waals surface area contributed by atoms with Gasteiger partial charge in [-0.15, -0.1) is 0 Å². The summed E-state index contributed by atoms with van der Waals surface area (Å²) in [6, 6.07) is 2.50. The van der Waals surface area contributed by atoms with E-state index in [-0.39, 0.29) is 18.6 Å². The molecule has 3 amide bonds. The zero-order chi connectivity index (χ0) is 27.8. The zero-order valence-corrected chi connectivity index (χ0v) is 21.4. The fourth-order valence-corrected chi connectivity index (χ4v) is 4.10. The quantitative estimate of drug-likeness (QED) is 0.119. The Morgan fingerprint density at radius 2 is 1.71 bits per heavy atom. The molecule has 1 aromatic carbocycles. The molecule has 204 valence electrons. The van der Waals surface area contributed by atoms with Crippen LogP contribution in [0.15, 0.2) is 43.0 Å². The number of carbonyl (C=O) groups excluding carboxylic acids is 3. The van der Waals surface area contributed by atoms with Crippen LogP contribution < -0.4 is 21.7 Å². The molecule has 13 nitrogen and oxygen atoms in total. The number of aromatic amines is 2. The highest BCUT2D eigenvalue weighted by molar-refractivity contribution is 7.80. The molecule has 0 spiro atoms. The van der Waals surface area contributed by atoms with E-state index in [4.69, 9.17) is 5.73 Å². The van der Waals surface area contributed by atoms with Crippen molar-refractivity contribution < 1.29 is 29.4 Å². The third-order valence-electron chi connectivity index (χ3n) is 5.93. The van der Waals surface area contributed by atoms with Crippen molar-refractivity contribution in [1.29, 1.82) is 0 Å². The molecule has 9 N–H and O–H groups in total. The van der Waals surface area contributed by atoms with Gasteiger partial charge in [0, 0.05) is 47.6 Å². The molecule has 0 saturated heterocycles. The Labute approximate surface area is 223 Å². The Bertz CT molecular complexity index is 1260. The van der Waals surface area contributed by atoms with Gasteiger partial charge in [-0.1, -0.05) is 18.2 Å². The van der Waals surface area contributed by atoms with E-state index in [1.54, 1.807) is 6.20 Å². The summed E-state index contributed by atoms with van der Waals surface area (Å²) in [5.74, 6) is -3.75. The Morgan fingerprint density at radius 1 is 1.03 bits per heavy atom. The number of imidazole rings is 1. The Morgan fingerprint density at radius 3 is 2.34 bits per heavy atom. The molecule has 0 radical (unpaired) electrons. The first-order valence-corrected chi connectivity index (χ1v) is 12.4. The van der Waals surface area contributed by atoms with Gasteiger partial charge in [0.1, 0.15) is 12.1 Å². The Hall–Kier alpha value is -3.88. The van der Waals surface area contributed by atoms with E-state index >= 15 is 0 Å². The third kappa shape index (κ3) is 7.34. The van der Waals surface area contributed by atoms with Gasteiger partial charge in [0.05, 0.1) is 18.5 Å². The molecule has 14 heteroatoms. The van der Waals surface area contributed by atoms with E-state index in [1.807, 2.05) is 24.3 Å². The van der Waals surface area contributed by atoms with Crippen LogP contribution in [0.5, 0.6) is 0 Å². The summed E-state index contributed by atoms with van der Waals surface area (Å²) in [7, 11) is 0. The number of hydrogen-bond acceptors (Lipinski definition) is 8. The fraction of sp³-hybridized carbons (Fsp3) is 0.375. The van der Waals surface area contributed by atoms with Crippen LogP contribution in [0.4, 0.5) is 0 Å². The number of carboxylic acid groups (broad SMARTS) is 1. The van der Waals surface area contributed by atoms with Crippen LogP contribution in [0.2, 0.25) is 0 Å². The predicted molar refractivity (Wildman–Crippen MR) is 141 cm³/mol. The average molecular weight is 546 g/mol. The maximum atomic E-state index is 13.3. The lowest BCUT2D eigenvalue weighted by Crippen LogP contribution is -2.59. The second kappa shape index (κ2) is 13.1. The summed E-state index contributed by atoms with van der Waals surface area (Å²) in [6.07, 6.45) is 3.58. The highest BCUT2D eigenvalue weighted by atomic mass is 32.1. The predicted octanol–water partition coefficient (Wildman–Crippen LogP) is -1.15. The van der Waals surface area contributed by atoms with E-state index < -0.39 is 54.0 Å². The maximum absolute atomic E-state index is 13.3. The highest BCUT2D eigenvalue weighted by Crippen LogP contribution is 2.19. The van der Waals surface area contributed by atoms with Gasteiger partial charge >= 0.3 is 5.97 Å². The fourth-order valence-electron chi connectivity index (χ4n) is 3.84. The number of nitrogens with two attached hydrogens (primary N) is 1. The summed E-state index contributed by atoms with van der Waals surface area (Å²) in [4.78, 5) is 60.2. The van der Waals surface area contributed by atoms with Crippen LogP contribution in [0, 0.1) is 0 Å². The molecule has 3 aromatic rings. The van der Waals surface area contributed by atoms with E-state index in [9.17, 15) is 29.4 Å². The molecule has 0 aliphatic carbocycles. The molecule has 5 unspecified atom stereocenters. The number of aromatic nitrogens is 3. The average Bonchev–Trinajstić information content (AvgIpc) is 3.54. The first kappa shape index (κ1) is 28.7. The topological polar surface area (TPSA) is 215 Å². The number of rotatable bonds is 13. The van der Waals surface area contributed by atoms with Crippen LogP contribution in [0.25, 0.3) is 10.9 Å². The molecule has 0 saturated carbocycles. The van der Waals surface area contributed by atoms with E-state index in [0.717, 1.165) is 16.5 Å². The first-order chi connectivity index (χ1) is 18.1. The summed E-state index contributed by atoms with van der Waals surface area (Å²) in [5.41, 5.74) is 8.28. The number of fused-ring (bicyclic) bond motifs is 1. The summed E-state index contributed by atoms with van der Waals surface area (Å²) in [5, 5.41) is 27.1. The molecule has 0 aliphatic heterocycles. The van der Waals surface area contributed by atoms with Gasteiger partial charge in [-0.2, -0.15) is 12.6 Å². The number of aliphatic hydroxyl groups is 1. The number of para-hydroxylation sites is 1. The van der Waals surface area contributed by atoms with E-state index in [0.29, 0.717) is 5.69 Å². The lowest BCUT2D eigenvalue weighted by atomic mass is 10.0. The number of carbonyl (C=O) groups is 4. The van der Waals surface area contributed by atoms with Gasteiger partial charge < -0.3 is 41.9 Å². The molecule has 5 atom stereocenters. The molecule has 0 bridgehead atoms. The minimum atomic E-state index is -1.58. The second-order valence-electron chi connectivity index (χ2n) is 8.82. The van der Waals surface area contributed by atoms with Crippen molar-refractivity contribution >= 4 is 47.2 Å². The van der Waals surface area contributed by atoms with Crippen molar-refractivity contribution in [3.05, 3.63) is 54.2 Å². The number of H-pyrrole nitrogens is 2. The summed E-state index contributed by atoms with van der Waals surface area (Å²) in [6.45, 7) is 1.21. The largest absolute Gasteiger partial charge is 0.480 e. The molecular formula is C24H31N7O6S. The van der Waals surface area contributed by atoms with Crippen molar-refractivity contribution in [2.75, 3.05) is 5.75 Å². The number of hydrogen-bond donors (Lipinski definition) is 9. The summed E-state index contributed by atoms with van der Waals surface area (Å²) >= 11 is 4.11. The van der Waals surface area contributed by atoms with Crippen LogP contribution in [-0.2, 0) is 32.0 Å². The molecule has 38 heavy (non-hydrogen) atoms. The first-order valence-electron chi connectivity index (χ1n) is 11.8. The smallest absolute Gasteiger partial charge is 0.328 e. The van der Waals surface area contributed by atoms with Crippen LogP contribution in [0.3, 0.4) is 0 Å². The number of nitrogens with zero attached hydrogens (tertiary/aromatic N) is 1. The third-order valence-corrected chi connectivity index (χ3v) is 6.29. The van der Waals surface area contributed by atoms with Gasteiger partial charge in [-0.3, -0.25) is 14.4 Å². The van der Waals surface area contributed by atoms with Crippen LogP contribution in [-0.4, -0.2) is 84.9 Å². The van der Waals surface area contributed by atoms with Crippen LogP contribution >= 0.6 is 12.6 Å². The monoisotopic (exact) mass is 545 g/mol. The lowest BCUT2D eigenvalue weighted by molar-refractivity contribution is -0.145. The number of aliphatic hydroxyl groups excluding tert-OH is 1. The Kier molecular flexibility index (Phi) is 9.87. The van der Waals surface area contributed by atoms with Gasteiger partial charge in [0.15, 0.2) is 6.04 Å². The standard InChI is InChI=1S/C24H31N7O6S/c1-12(32)20(24(36)37)31-23(35)19(10-38)30-22(34)18(6-13-8-27-17-5-3-2-4-15(13)17)29-21(33)16(25)7-14-9-26-11-28-14/h2-5,8-9,11-12,16,18-20,27,32,38H,6-7,10,25H2,1H3,(H,26,28)(H,29,33)(H,30,34)(H,31,35)(H,36,37). The maximum Gasteiger partial charge on any atom is 0.328 e. The lowest BCUT2D eigenvalue weighted by Gasteiger charge is -2.25. The van der Waals surface area contributed by atoms with Gasteiger partial charge in [0.25, 0.3) is 0 Å². The van der Waals surface area contributed by atoms with Gasteiger partial charge in [-0.05, 0) is 18.6 Å². The molecule has 3 rings (SSSR count). The number of nitrogens with one attached hydrogen (secondary N) is 5. The number of aliphatic carboxylic acids is 1. The molecule has 0 aliphatic rings. The van der Waals surface area contributed by atoms with Crippen molar-refractivity contribution in [1.82, 2.24) is 30.9 Å². The highest BCUT2D eigenvalue weighted by Gasteiger charge is 2.32. The number of thiol groups is 1. The van der Waals surface area contributed by atoms with Crippen molar-refractivity contribution in [2.24, 2.45) is 5.73 Å². The number of amides is 3. The van der Waals surface area contributed by atoms with Crippen molar-refractivity contribution in [2.45, 2.75) is 50.0 Å². The van der Waals surface area contributed by atoms with Gasteiger partial charge in [-0.25, -0.2) is 9.78 Å². The molecule has 0 fully saturated rings. The molecule has 2 heterocycles.